The van der Waals surface area contributed by atoms with Crippen LogP contribution in [0.5, 0.6) is 17.2 Å². The second-order valence-corrected chi connectivity index (χ2v) is 33.6. The van der Waals surface area contributed by atoms with Gasteiger partial charge in [0.1, 0.15) is 34.1 Å². The van der Waals surface area contributed by atoms with Gasteiger partial charge in [-0.25, -0.2) is 35.1 Å². The molecule has 3 aromatic heterocycles. The number of nitrogens with zero attached hydrogens (tertiary/aromatic N) is 7. The van der Waals surface area contributed by atoms with E-state index in [-0.39, 0.29) is 97.0 Å². The van der Waals surface area contributed by atoms with E-state index in [1.807, 2.05) is 41.5 Å². The van der Waals surface area contributed by atoms with Crippen molar-refractivity contribution >= 4 is 82.8 Å². The lowest BCUT2D eigenvalue weighted by Gasteiger charge is -2.24. The number of esters is 3. The Bertz CT molecular complexity index is 4790. The molecule has 9 rings (SSSR count). The Morgan fingerprint density at radius 2 is 0.726 bits per heavy atom. The molecule has 0 amide bonds. The van der Waals surface area contributed by atoms with E-state index in [9.17, 15) is 39.6 Å². The van der Waals surface area contributed by atoms with E-state index in [2.05, 4.69) is 35.1 Å². The largest absolute Gasteiger partial charge is 0.489 e. The predicted octanol–water partition coefficient (Wildman–Crippen LogP) is 15.3. The molecule has 6 aromatic carbocycles. The molecule has 3 N–H and O–H groups in total. The van der Waals surface area contributed by atoms with Crippen molar-refractivity contribution in [2.75, 3.05) is 19.6 Å². The van der Waals surface area contributed by atoms with Gasteiger partial charge < -0.3 is 42.0 Å². The van der Waals surface area contributed by atoms with Crippen LogP contribution < -0.4 is 24.1 Å². The van der Waals surface area contributed by atoms with E-state index in [1.54, 1.807) is 141 Å². The molecule has 9 aromatic rings. The van der Waals surface area contributed by atoms with Gasteiger partial charge in [-0.05, 0) is 231 Å². The van der Waals surface area contributed by atoms with Crippen LogP contribution >= 0.6 is 34.8 Å². The molecule has 0 spiro atoms. The summed E-state index contributed by atoms with van der Waals surface area (Å²) in [4.78, 5) is 49.6. The summed E-state index contributed by atoms with van der Waals surface area (Å²) in [5.74, 6) is 1.72. The van der Waals surface area contributed by atoms with Gasteiger partial charge in [0, 0.05) is 53.0 Å². The second kappa shape index (κ2) is 36.6. The first-order valence-electron chi connectivity index (χ1n) is 32.8. The Balaban J connectivity index is 0.000000256. The average molecular weight is 1580 g/mol. The molecular weight excluding hydrogens is 1490 g/mol. The Morgan fingerprint density at radius 1 is 0.443 bits per heavy atom. The minimum Gasteiger partial charge on any atom is -0.489 e. The fourth-order valence-electron chi connectivity index (χ4n) is 9.16. The highest BCUT2D eigenvalue weighted by Crippen LogP contribution is 2.35. The van der Waals surface area contributed by atoms with Gasteiger partial charge in [-0.3, -0.25) is 14.4 Å². The quantitative estimate of drug-likeness (QED) is 0.0375. The molecule has 106 heavy (non-hydrogen) atoms. The molecular formula is C73H88Cl3N9O18S3. The van der Waals surface area contributed by atoms with Crippen LogP contribution in [-0.2, 0) is 58.7 Å². The van der Waals surface area contributed by atoms with Crippen molar-refractivity contribution in [3.05, 3.63) is 142 Å². The highest BCUT2D eigenvalue weighted by molar-refractivity contribution is 7.89. The molecule has 0 unspecified atom stereocenters. The summed E-state index contributed by atoms with van der Waals surface area (Å²) < 4.78 is 127. The van der Waals surface area contributed by atoms with E-state index >= 15 is 0 Å². The first-order chi connectivity index (χ1) is 48.9. The molecule has 0 aliphatic heterocycles. The summed E-state index contributed by atoms with van der Waals surface area (Å²) in [6.45, 7) is 26.6. The maximum absolute atomic E-state index is 13.6. The van der Waals surface area contributed by atoms with Crippen LogP contribution in [0.1, 0.15) is 131 Å². The number of aromatic nitrogens is 6. The van der Waals surface area contributed by atoms with Gasteiger partial charge in [0.15, 0.2) is 0 Å². The molecule has 0 saturated heterocycles. The molecule has 0 saturated carbocycles. The average Bonchev–Trinajstić information content (AvgIpc) is 1.07. The number of carbonyl (C=O) groups excluding carboxylic acids is 3. The van der Waals surface area contributed by atoms with Crippen molar-refractivity contribution in [2.24, 2.45) is 5.14 Å². The lowest BCUT2D eigenvalue weighted by molar-refractivity contribution is -0.156. The van der Waals surface area contributed by atoms with Gasteiger partial charge in [-0.2, -0.15) is 19.3 Å². The number of rotatable bonds is 26. The number of halogens is 3. The van der Waals surface area contributed by atoms with E-state index in [4.69, 9.17) is 81.9 Å². The molecule has 3 heterocycles. The zero-order valence-corrected chi connectivity index (χ0v) is 65.2. The summed E-state index contributed by atoms with van der Waals surface area (Å²) in [7, 11) is -11.7. The van der Waals surface area contributed by atoms with E-state index in [1.165, 1.54) is 48.5 Å². The van der Waals surface area contributed by atoms with Crippen LogP contribution in [0.25, 0.3) is 68.5 Å². The fraction of sp³-hybridized carbons (Fsp3) is 0.384. The molecule has 0 bridgehead atoms. The van der Waals surface area contributed by atoms with Gasteiger partial charge in [-0.1, -0.05) is 57.7 Å². The lowest BCUT2D eigenvalue weighted by Crippen LogP contribution is -2.36. The number of hydrogen-bond acceptors (Lipinski definition) is 24. The zero-order chi connectivity index (χ0) is 77.6. The Morgan fingerprint density at radius 3 is 1.01 bits per heavy atom. The summed E-state index contributed by atoms with van der Waals surface area (Å²) in [5.41, 5.74) is 1.46. The number of nitrogens with two attached hydrogens (primary N) is 1. The summed E-state index contributed by atoms with van der Waals surface area (Å²) in [5, 5.41) is 18.3. The van der Waals surface area contributed by atoms with E-state index in [0.717, 1.165) is 4.31 Å². The SMILES string of the molecule is C.CC(C)Oc1ccc(-c2noc(-c3ccc(S(=O)(=O)N(CCC(=O)OC(C)(C)C)CCC(=O)OC(C)(C)C)cc3)n2)cc1Cl.CC(C)Oc1ccc(-c2noc(-c3ccc(S(=O)(=O)NCCC(=O)OC(C)(C)C)cc3)n2)cc1Cl.CC(C)Oc1ccc(-c2noc(-c3ccc(S(N)(=O)=O)cc3)n2)cc1Cl. The first kappa shape index (κ1) is 86.1. The second-order valence-electron chi connectivity index (χ2n) is 27.1. The normalized spacial score (nSPS) is 12.0. The van der Waals surface area contributed by atoms with Crippen LogP contribution in [0.3, 0.4) is 0 Å². The number of hydrogen-bond donors (Lipinski definition) is 2. The summed E-state index contributed by atoms with van der Waals surface area (Å²) in [6.07, 6.45) is -0.500. The maximum atomic E-state index is 13.6. The van der Waals surface area contributed by atoms with E-state index in [0.29, 0.717) is 83.2 Å². The van der Waals surface area contributed by atoms with Crippen LogP contribution in [0.2, 0.25) is 15.1 Å². The van der Waals surface area contributed by atoms with Crippen molar-refractivity contribution in [2.45, 2.75) is 180 Å². The van der Waals surface area contributed by atoms with Crippen molar-refractivity contribution < 1.29 is 81.6 Å². The number of primary sulfonamides is 1. The molecule has 27 nitrogen and oxygen atoms in total. The Labute approximate surface area is 633 Å². The maximum Gasteiger partial charge on any atom is 0.307 e. The summed E-state index contributed by atoms with van der Waals surface area (Å²) >= 11 is 18.9. The van der Waals surface area contributed by atoms with E-state index < -0.39 is 64.8 Å². The number of benzene rings is 6. The summed E-state index contributed by atoms with van der Waals surface area (Å²) in [6, 6.07) is 33.3. The number of sulfonamides is 3. The van der Waals surface area contributed by atoms with Gasteiger partial charge in [-0.15, -0.1) is 0 Å². The van der Waals surface area contributed by atoms with Crippen molar-refractivity contribution in [3.8, 4) is 85.8 Å². The number of carbonyl (C=O) groups is 3. The third kappa shape index (κ3) is 26.3. The molecule has 0 aliphatic rings. The third-order valence-electron chi connectivity index (χ3n) is 13.5. The van der Waals surface area contributed by atoms with Crippen molar-refractivity contribution in [3.63, 3.8) is 0 Å². The molecule has 572 valence electrons. The zero-order valence-electron chi connectivity index (χ0n) is 60.5. The topological polar surface area (TPSA) is 367 Å². The monoisotopic (exact) mass is 1580 g/mol. The smallest absolute Gasteiger partial charge is 0.307 e. The minimum absolute atomic E-state index is 0. The van der Waals surface area contributed by atoms with Crippen LogP contribution in [0.15, 0.2) is 156 Å². The van der Waals surface area contributed by atoms with Gasteiger partial charge in [0.2, 0.25) is 47.5 Å². The fourth-order valence-corrected chi connectivity index (χ4v) is 12.8. The molecule has 0 aliphatic carbocycles. The Hall–Kier alpha value is -8.85. The highest BCUT2D eigenvalue weighted by atomic mass is 35.5. The van der Waals surface area contributed by atoms with Crippen LogP contribution in [0.4, 0.5) is 0 Å². The standard InChI is InChI=1S/C31H40ClN3O8S.C24H28ClN3O6S.C17H16ClN3O4S.CH4/c1-20(2)40-25-14-11-22(19-24(25)32)28-33-29(43-34-28)21-9-12-23(13-10-21)44(38,39)35(17-15-26(36)41-30(3,4)5)18-16-27(37)42-31(6,7)8;1-15(2)32-20-11-8-17(14-19(20)25)22-27-23(34-28-22)16-6-9-18(10-7-16)35(30,31)26-13-12-21(29)33-24(3,4)5;1-10(2)24-15-8-5-12(9-14(15)18)16-20-17(25-21-16)11-3-6-13(7-4-11)26(19,22)23;/h9-14,19-20H,15-18H2,1-8H3;6-11,14-15,26H,12-13H2,1-5H3;3-10H,1-2H3,(H2,19,22,23);1H4. The third-order valence-corrected chi connectivity index (χ3v) is 18.7. The first-order valence-corrected chi connectivity index (χ1v) is 38.4. The number of nitrogens with one attached hydrogen (secondary N) is 1. The minimum atomic E-state index is -4.11. The van der Waals surface area contributed by atoms with Gasteiger partial charge >= 0.3 is 17.9 Å². The van der Waals surface area contributed by atoms with Crippen LogP contribution in [0, 0.1) is 0 Å². The van der Waals surface area contributed by atoms with Gasteiger partial charge in [0.05, 0.1) is 67.3 Å². The van der Waals surface area contributed by atoms with Gasteiger partial charge in [0.25, 0.3) is 17.7 Å². The Kier molecular flexibility index (Phi) is 29.7. The number of ether oxygens (including phenoxy) is 6. The van der Waals surface area contributed by atoms with Crippen molar-refractivity contribution in [1.29, 1.82) is 0 Å². The lowest BCUT2D eigenvalue weighted by atomic mass is 10.2. The molecule has 0 radical (unpaired) electrons. The molecule has 0 fully saturated rings. The molecule has 33 heteroatoms. The molecule has 0 atom stereocenters. The predicted molar refractivity (Wildman–Crippen MR) is 401 cm³/mol. The highest BCUT2D eigenvalue weighted by Gasteiger charge is 2.29. The van der Waals surface area contributed by atoms with Crippen molar-refractivity contribution in [1.82, 2.24) is 39.4 Å². The van der Waals surface area contributed by atoms with Crippen LogP contribution in [-0.4, -0.2) is 133 Å².